The number of fused-ring (bicyclic) bond motifs is 1. The first-order chi connectivity index (χ1) is 12.2. The van der Waals surface area contributed by atoms with Gasteiger partial charge in [-0.1, -0.05) is 11.6 Å². The van der Waals surface area contributed by atoms with Crippen molar-refractivity contribution in [3.8, 4) is 17.0 Å². The van der Waals surface area contributed by atoms with E-state index in [1.807, 2.05) is 48.7 Å². The molecule has 0 saturated carbocycles. The Hall–Kier alpha value is -2.37. The van der Waals surface area contributed by atoms with Crippen LogP contribution >= 0.6 is 23.4 Å². The molecule has 2 N–H and O–H groups in total. The Morgan fingerprint density at radius 1 is 1.12 bits per heavy atom. The summed E-state index contributed by atoms with van der Waals surface area (Å²) >= 11 is 7.85. The first-order valence-corrected chi connectivity index (χ1v) is 9.17. The van der Waals surface area contributed by atoms with Crippen molar-refractivity contribution in [3.63, 3.8) is 0 Å². The van der Waals surface area contributed by atoms with Gasteiger partial charge in [0.1, 0.15) is 5.75 Å². The summed E-state index contributed by atoms with van der Waals surface area (Å²) in [6.07, 6.45) is 2.02. The molecule has 6 heteroatoms. The first kappa shape index (κ1) is 16.1. The fourth-order valence-electron chi connectivity index (χ4n) is 2.69. The lowest BCUT2D eigenvalue weighted by Gasteiger charge is -2.00. The number of nitrogens with zero attached hydrogens (tertiary/aromatic N) is 1. The third-order valence-electron chi connectivity index (χ3n) is 4.01. The van der Waals surface area contributed by atoms with E-state index in [0.29, 0.717) is 0 Å². The maximum absolute atomic E-state index is 6.11. The van der Waals surface area contributed by atoms with Crippen LogP contribution in [0.25, 0.3) is 22.2 Å². The predicted octanol–water partition coefficient (Wildman–Crippen LogP) is 5.51. The zero-order valence-corrected chi connectivity index (χ0v) is 15.1. The van der Waals surface area contributed by atoms with Crippen LogP contribution in [0.2, 0.25) is 5.02 Å². The Morgan fingerprint density at radius 3 is 2.76 bits per heavy atom. The lowest BCUT2D eigenvalue weighted by molar-refractivity contribution is 0.415. The van der Waals surface area contributed by atoms with E-state index in [4.69, 9.17) is 16.3 Å². The number of thioether (sulfide) groups is 1. The van der Waals surface area contributed by atoms with Gasteiger partial charge < -0.3 is 9.72 Å². The molecule has 0 radical (unpaired) electrons. The Morgan fingerprint density at radius 2 is 1.96 bits per heavy atom. The molecule has 2 heterocycles. The van der Waals surface area contributed by atoms with E-state index in [2.05, 4.69) is 21.2 Å². The number of benzene rings is 2. The summed E-state index contributed by atoms with van der Waals surface area (Å²) in [4.78, 5) is 4.45. The Balaban J connectivity index is 1.49. The van der Waals surface area contributed by atoms with Crippen LogP contribution in [0.1, 0.15) is 5.69 Å². The first-order valence-electron chi connectivity index (χ1n) is 7.81. The number of halogens is 1. The van der Waals surface area contributed by atoms with Crippen molar-refractivity contribution >= 4 is 34.3 Å². The summed E-state index contributed by atoms with van der Waals surface area (Å²) < 4.78 is 5.19. The van der Waals surface area contributed by atoms with E-state index >= 15 is 0 Å². The molecule has 0 bridgehead atoms. The van der Waals surface area contributed by atoms with Gasteiger partial charge in [0.15, 0.2) is 0 Å². The van der Waals surface area contributed by atoms with Gasteiger partial charge in [-0.05, 0) is 54.1 Å². The van der Waals surface area contributed by atoms with Gasteiger partial charge in [0.25, 0.3) is 0 Å². The number of ether oxygens (including phenoxy) is 1. The normalized spacial score (nSPS) is 11.1. The molecule has 0 saturated heterocycles. The smallest absolute Gasteiger partial charge is 0.118 e. The lowest BCUT2D eigenvalue weighted by Crippen LogP contribution is -1.82. The third kappa shape index (κ3) is 3.38. The second kappa shape index (κ2) is 6.86. The molecule has 0 aliphatic rings. The van der Waals surface area contributed by atoms with Crippen molar-refractivity contribution < 1.29 is 4.74 Å². The zero-order chi connectivity index (χ0) is 17.2. The molecule has 0 aliphatic heterocycles. The van der Waals surface area contributed by atoms with Gasteiger partial charge in [0.05, 0.1) is 18.5 Å². The summed E-state index contributed by atoms with van der Waals surface area (Å²) in [5.41, 5.74) is 4.18. The van der Waals surface area contributed by atoms with Crippen LogP contribution in [0.3, 0.4) is 0 Å². The summed E-state index contributed by atoms with van der Waals surface area (Å²) in [5.74, 6) is 1.63. The van der Waals surface area contributed by atoms with Gasteiger partial charge in [-0.25, -0.2) is 0 Å². The molecular formula is C19H16ClN3OS. The van der Waals surface area contributed by atoms with Crippen LogP contribution in [0.4, 0.5) is 0 Å². The molecule has 25 heavy (non-hydrogen) atoms. The minimum absolute atomic E-state index is 0.746. The monoisotopic (exact) mass is 369 g/mol. The van der Waals surface area contributed by atoms with Crippen LogP contribution in [0.5, 0.6) is 5.75 Å². The van der Waals surface area contributed by atoms with Crippen LogP contribution in [-0.2, 0) is 5.75 Å². The molecule has 2 aromatic carbocycles. The standard InChI is InChI=1S/C19H16ClN3OS/c1-24-15-5-2-12(3-6-15)18-9-14(22-23-18)11-25-19-10-21-17-7-4-13(20)8-16(17)19/h2-10,21H,11H2,1H3,(H,22,23). The van der Waals surface area contributed by atoms with E-state index in [1.165, 1.54) is 4.90 Å². The molecule has 0 fully saturated rings. The van der Waals surface area contributed by atoms with Gasteiger partial charge >= 0.3 is 0 Å². The van der Waals surface area contributed by atoms with Gasteiger partial charge in [-0.3, -0.25) is 5.10 Å². The molecule has 4 rings (SSSR count). The maximum Gasteiger partial charge on any atom is 0.118 e. The average Bonchev–Trinajstić information content (AvgIpc) is 3.27. The Labute approximate surface area is 154 Å². The number of rotatable bonds is 5. The molecule has 0 amide bonds. The van der Waals surface area contributed by atoms with E-state index in [1.54, 1.807) is 18.9 Å². The van der Waals surface area contributed by atoms with Crippen molar-refractivity contribution in [2.24, 2.45) is 0 Å². The molecule has 0 spiro atoms. The molecule has 126 valence electrons. The number of aromatic amines is 2. The van der Waals surface area contributed by atoms with E-state index < -0.39 is 0 Å². The number of hydrogen-bond acceptors (Lipinski definition) is 3. The highest BCUT2D eigenvalue weighted by atomic mass is 35.5. The Bertz CT molecular complexity index is 1010. The maximum atomic E-state index is 6.11. The fourth-order valence-corrected chi connectivity index (χ4v) is 3.78. The van der Waals surface area contributed by atoms with Crippen LogP contribution in [0.15, 0.2) is 59.6 Å². The largest absolute Gasteiger partial charge is 0.497 e. The lowest BCUT2D eigenvalue weighted by atomic mass is 10.1. The Kier molecular flexibility index (Phi) is 4.42. The van der Waals surface area contributed by atoms with Crippen molar-refractivity contribution in [1.29, 1.82) is 0 Å². The zero-order valence-electron chi connectivity index (χ0n) is 13.5. The number of hydrogen-bond donors (Lipinski definition) is 2. The van der Waals surface area contributed by atoms with Gasteiger partial charge in [-0.2, -0.15) is 5.10 Å². The molecule has 0 atom stereocenters. The number of nitrogens with one attached hydrogen (secondary N) is 2. The predicted molar refractivity (Wildman–Crippen MR) is 103 cm³/mol. The highest BCUT2D eigenvalue weighted by Gasteiger charge is 2.08. The van der Waals surface area contributed by atoms with Crippen molar-refractivity contribution in [2.75, 3.05) is 7.11 Å². The fraction of sp³-hybridized carbons (Fsp3) is 0.105. The molecule has 0 unspecified atom stereocenters. The number of methoxy groups -OCH3 is 1. The molecule has 4 nitrogen and oxygen atoms in total. The average molecular weight is 370 g/mol. The van der Waals surface area contributed by atoms with E-state index in [9.17, 15) is 0 Å². The summed E-state index contributed by atoms with van der Waals surface area (Å²) in [7, 11) is 1.67. The van der Waals surface area contributed by atoms with E-state index in [-0.39, 0.29) is 0 Å². The van der Waals surface area contributed by atoms with Crippen LogP contribution in [0, 0.1) is 0 Å². The SMILES string of the molecule is COc1ccc(-c2cc(CSc3c[nH]c4ccc(Cl)cc34)n[nH]2)cc1. The minimum atomic E-state index is 0.746. The topological polar surface area (TPSA) is 53.7 Å². The number of aromatic nitrogens is 3. The number of H-pyrrole nitrogens is 2. The second-order valence-electron chi connectivity index (χ2n) is 5.63. The van der Waals surface area contributed by atoms with Gasteiger partial charge in [-0.15, -0.1) is 11.8 Å². The summed E-state index contributed by atoms with van der Waals surface area (Å²) in [6, 6.07) is 15.9. The van der Waals surface area contributed by atoms with Gasteiger partial charge in [0, 0.05) is 32.8 Å². The molecular weight excluding hydrogens is 354 g/mol. The second-order valence-corrected chi connectivity index (χ2v) is 7.09. The quantitative estimate of drug-likeness (QED) is 0.456. The summed E-state index contributed by atoms with van der Waals surface area (Å²) in [5, 5.41) is 9.41. The molecule has 2 aromatic heterocycles. The van der Waals surface area contributed by atoms with Crippen molar-refractivity contribution in [1.82, 2.24) is 15.2 Å². The third-order valence-corrected chi connectivity index (χ3v) is 5.34. The van der Waals surface area contributed by atoms with E-state index in [0.717, 1.165) is 44.4 Å². The molecule has 0 aliphatic carbocycles. The minimum Gasteiger partial charge on any atom is -0.497 e. The van der Waals surface area contributed by atoms with Crippen molar-refractivity contribution in [2.45, 2.75) is 10.6 Å². The van der Waals surface area contributed by atoms with Crippen LogP contribution < -0.4 is 4.74 Å². The highest BCUT2D eigenvalue weighted by molar-refractivity contribution is 7.98. The molecule has 4 aromatic rings. The summed E-state index contributed by atoms with van der Waals surface area (Å²) in [6.45, 7) is 0. The van der Waals surface area contributed by atoms with Gasteiger partial charge in [0.2, 0.25) is 0 Å². The highest BCUT2D eigenvalue weighted by Crippen LogP contribution is 2.32. The van der Waals surface area contributed by atoms with Crippen LogP contribution in [-0.4, -0.2) is 22.3 Å². The van der Waals surface area contributed by atoms with Crippen molar-refractivity contribution in [3.05, 3.63) is 65.4 Å².